The predicted octanol–water partition coefficient (Wildman–Crippen LogP) is 0.898. The Labute approximate surface area is 98.3 Å². The Balaban J connectivity index is 2.40. The van der Waals surface area contributed by atoms with Gasteiger partial charge in [-0.3, -0.25) is 0 Å². The molecule has 0 saturated carbocycles. The fourth-order valence-electron chi connectivity index (χ4n) is 2.28. The lowest BCUT2D eigenvalue weighted by Crippen LogP contribution is -2.44. The van der Waals surface area contributed by atoms with E-state index in [0.717, 1.165) is 19.8 Å². The first-order valence-corrected chi connectivity index (χ1v) is 12.5. The maximum Gasteiger partial charge on any atom is 0.175 e. The first kappa shape index (κ1) is 13.6. The van der Waals surface area contributed by atoms with E-state index in [1.807, 2.05) is 0 Å². The highest BCUT2D eigenvalue weighted by Gasteiger charge is 2.34. The minimum absolute atomic E-state index is 0.886. The van der Waals surface area contributed by atoms with Gasteiger partial charge in [0.1, 0.15) is 0 Å². The zero-order chi connectivity index (χ0) is 11.1. The fraction of sp³-hybridized carbons (Fsp3) is 1.00. The molecule has 0 aliphatic carbocycles. The molecule has 1 saturated heterocycles. The maximum atomic E-state index is 5.88. The smallest absolute Gasteiger partial charge is 0.175 e. The van der Waals surface area contributed by atoms with Crippen molar-refractivity contribution >= 4 is 27.1 Å². The summed E-state index contributed by atoms with van der Waals surface area (Å²) in [5.41, 5.74) is 3.99. The van der Waals surface area contributed by atoms with Gasteiger partial charge >= 0.3 is 0 Å². The van der Waals surface area contributed by atoms with Crippen molar-refractivity contribution in [3.05, 3.63) is 0 Å². The van der Waals surface area contributed by atoms with Gasteiger partial charge in [-0.25, -0.2) is 0 Å². The van der Waals surface area contributed by atoms with Crippen molar-refractivity contribution < 1.29 is 13.3 Å². The zero-order valence-electron chi connectivity index (χ0n) is 10.2. The van der Waals surface area contributed by atoms with Crippen molar-refractivity contribution in [2.24, 2.45) is 0 Å². The molecule has 6 heteroatoms. The molecule has 1 aliphatic rings. The Morgan fingerprint density at radius 3 is 1.13 bits per heavy atom. The second kappa shape index (κ2) is 7.75. The predicted molar refractivity (Wildman–Crippen MR) is 70.7 cm³/mol. The van der Waals surface area contributed by atoms with Crippen LogP contribution >= 0.6 is 0 Å². The van der Waals surface area contributed by atoms with Crippen molar-refractivity contribution in [3.63, 3.8) is 0 Å². The molecular weight excluding hydrogens is 240 g/mol. The molecule has 0 amide bonds. The SMILES string of the molecule is CCO[SiH]1C[SiH](OCC)C[SiH](OCC)C1. The van der Waals surface area contributed by atoms with Crippen LogP contribution in [-0.4, -0.2) is 46.9 Å². The molecule has 1 rings (SSSR count). The van der Waals surface area contributed by atoms with Crippen molar-refractivity contribution in [3.8, 4) is 0 Å². The minimum Gasteiger partial charge on any atom is -0.421 e. The van der Waals surface area contributed by atoms with Crippen LogP contribution in [0.15, 0.2) is 0 Å². The number of hydrogen-bond acceptors (Lipinski definition) is 3. The third-order valence-corrected chi connectivity index (χ3v) is 17.8. The monoisotopic (exact) mass is 264 g/mol. The molecule has 0 aromatic rings. The average molecular weight is 265 g/mol. The summed E-state index contributed by atoms with van der Waals surface area (Å²) in [6, 6.07) is 0. The third kappa shape index (κ3) is 4.92. The lowest BCUT2D eigenvalue weighted by molar-refractivity contribution is 0.316. The molecule has 1 aliphatic heterocycles. The van der Waals surface area contributed by atoms with E-state index in [9.17, 15) is 0 Å². The van der Waals surface area contributed by atoms with E-state index in [-0.39, 0.29) is 0 Å². The molecule has 0 N–H and O–H groups in total. The van der Waals surface area contributed by atoms with E-state index in [4.69, 9.17) is 13.3 Å². The second-order valence-electron chi connectivity index (χ2n) is 3.94. The molecule has 1 fully saturated rings. The Bertz CT molecular complexity index is 136. The third-order valence-electron chi connectivity index (χ3n) is 2.78. The second-order valence-corrected chi connectivity index (χ2v) is 14.3. The van der Waals surface area contributed by atoms with Gasteiger partial charge in [0.25, 0.3) is 0 Å². The highest BCUT2D eigenvalue weighted by molar-refractivity contribution is 6.89. The molecule has 0 spiro atoms. The summed E-state index contributed by atoms with van der Waals surface area (Å²) in [5.74, 6) is 0. The molecule has 0 unspecified atom stereocenters. The van der Waals surface area contributed by atoms with Crippen LogP contribution in [0, 0.1) is 0 Å². The summed E-state index contributed by atoms with van der Waals surface area (Å²) in [6.45, 7) is 8.98. The summed E-state index contributed by atoms with van der Waals surface area (Å²) < 4.78 is 17.7. The van der Waals surface area contributed by atoms with Gasteiger partial charge in [-0.2, -0.15) is 0 Å². The van der Waals surface area contributed by atoms with Crippen LogP contribution in [0.25, 0.3) is 0 Å². The molecule has 0 aromatic heterocycles. The van der Waals surface area contributed by atoms with Gasteiger partial charge in [-0.1, -0.05) is 0 Å². The zero-order valence-corrected chi connectivity index (χ0v) is 13.7. The number of hydrogen-bond donors (Lipinski definition) is 0. The van der Waals surface area contributed by atoms with E-state index in [0.29, 0.717) is 0 Å². The van der Waals surface area contributed by atoms with Crippen LogP contribution in [0.3, 0.4) is 0 Å². The minimum atomic E-state index is -0.932. The Morgan fingerprint density at radius 2 is 0.933 bits per heavy atom. The van der Waals surface area contributed by atoms with E-state index in [1.165, 1.54) is 17.0 Å². The van der Waals surface area contributed by atoms with Gasteiger partial charge in [-0.15, -0.1) is 0 Å². The molecular formula is C9H24O3Si3. The van der Waals surface area contributed by atoms with Crippen LogP contribution in [0.1, 0.15) is 20.8 Å². The standard InChI is InChI=1S/C9H24O3Si3/c1-4-10-13-7-14(11-5-2)9-15(8-13)12-6-3/h13-15H,4-9H2,1-3H3. The van der Waals surface area contributed by atoms with Crippen LogP contribution in [0.4, 0.5) is 0 Å². The molecule has 3 nitrogen and oxygen atoms in total. The summed E-state index contributed by atoms with van der Waals surface area (Å²) in [6.07, 6.45) is 0. The molecule has 0 atom stereocenters. The van der Waals surface area contributed by atoms with E-state index in [2.05, 4.69) is 20.8 Å². The average Bonchev–Trinajstić information content (AvgIpc) is 2.19. The summed E-state index contributed by atoms with van der Waals surface area (Å²) in [4.78, 5) is 0. The Morgan fingerprint density at radius 1 is 0.667 bits per heavy atom. The molecule has 90 valence electrons. The first-order chi connectivity index (χ1) is 7.30. The highest BCUT2D eigenvalue weighted by Crippen LogP contribution is 2.21. The van der Waals surface area contributed by atoms with Crippen molar-refractivity contribution in [1.29, 1.82) is 0 Å². The van der Waals surface area contributed by atoms with Gasteiger partial charge in [-0.05, 0) is 37.8 Å². The molecule has 0 aromatic carbocycles. The number of rotatable bonds is 6. The van der Waals surface area contributed by atoms with Crippen molar-refractivity contribution in [2.45, 2.75) is 37.8 Å². The van der Waals surface area contributed by atoms with Crippen molar-refractivity contribution in [2.75, 3.05) is 19.8 Å². The van der Waals surface area contributed by atoms with Gasteiger partial charge < -0.3 is 13.3 Å². The first-order valence-electron chi connectivity index (χ1n) is 6.14. The topological polar surface area (TPSA) is 27.7 Å². The largest absolute Gasteiger partial charge is 0.421 e. The fourth-order valence-corrected chi connectivity index (χ4v) is 21.5. The normalized spacial score (nSPS) is 31.8. The molecule has 15 heavy (non-hydrogen) atoms. The molecule has 0 radical (unpaired) electrons. The van der Waals surface area contributed by atoms with E-state index >= 15 is 0 Å². The van der Waals surface area contributed by atoms with Crippen LogP contribution < -0.4 is 0 Å². The Hall–Kier alpha value is 0.531. The summed E-state index contributed by atoms with van der Waals surface area (Å²) in [5, 5.41) is 0. The van der Waals surface area contributed by atoms with Crippen molar-refractivity contribution in [1.82, 2.24) is 0 Å². The van der Waals surface area contributed by atoms with Gasteiger partial charge in [0, 0.05) is 19.8 Å². The van der Waals surface area contributed by atoms with Crippen LogP contribution in [-0.2, 0) is 13.3 Å². The lowest BCUT2D eigenvalue weighted by Gasteiger charge is -2.31. The van der Waals surface area contributed by atoms with E-state index < -0.39 is 27.1 Å². The van der Waals surface area contributed by atoms with Gasteiger partial charge in [0.05, 0.1) is 0 Å². The van der Waals surface area contributed by atoms with Gasteiger partial charge in [0.15, 0.2) is 27.1 Å². The molecule has 1 heterocycles. The van der Waals surface area contributed by atoms with Crippen LogP contribution in [0.2, 0.25) is 17.0 Å². The Kier molecular flexibility index (Phi) is 7.02. The lowest BCUT2D eigenvalue weighted by atomic mass is 10.9. The van der Waals surface area contributed by atoms with Gasteiger partial charge in [0.2, 0.25) is 0 Å². The van der Waals surface area contributed by atoms with Crippen LogP contribution in [0.5, 0.6) is 0 Å². The summed E-state index contributed by atoms with van der Waals surface area (Å²) >= 11 is 0. The highest BCUT2D eigenvalue weighted by atomic mass is 28.4. The quantitative estimate of drug-likeness (QED) is 0.667. The summed E-state index contributed by atoms with van der Waals surface area (Å²) in [7, 11) is -2.79. The maximum absolute atomic E-state index is 5.88. The van der Waals surface area contributed by atoms with E-state index in [1.54, 1.807) is 0 Å². The molecule has 0 bridgehead atoms.